The van der Waals surface area contributed by atoms with Gasteiger partial charge < -0.3 is 15.8 Å². The molecule has 0 bridgehead atoms. The summed E-state index contributed by atoms with van der Waals surface area (Å²) in [5, 5.41) is 3.15. The summed E-state index contributed by atoms with van der Waals surface area (Å²) in [5.41, 5.74) is 5.66. The van der Waals surface area contributed by atoms with Crippen LogP contribution in [0.1, 0.15) is 13.3 Å². The van der Waals surface area contributed by atoms with Crippen LogP contribution >= 0.6 is 15.9 Å². The molecule has 2 rings (SSSR count). The minimum absolute atomic E-state index is 0.188. The first-order valence-electron chi connectivity index (χ1n) is 5.99. The highest BCUT2D eigenvalue weighted by molar-refractivity contribution is 9.10. The van der Waals surface area contributed by atoms with Gasteiger partial charge in [0, 0.05) is 17.1 Å². The molecular weight excluding hydrogens is 308 g/mol. The molecule has 6 heteroatoms. The molecule has 1 aromatic heterocycles. The van der Waals surface area contributed by atoms with Gasteiger partial charge in [-0.2, -0.15) is 9.97 Å². The average molecular weight is 323 g/mol. The van der Waals surface area contributed by atoms with E-state index in [4.69, 9.17) is 10.5 Å². The molecular formula is C13H15BrN4O. The Kier molecular flexibility index (Phi) is 4.57. The van der Waals surface area contributed by atoms with Gasteiger partial charge in [0.05, 0.1) is 0 Å². The predicted molar refractivity (Wildman–Crippen MR) is 79.4 cm³/mol. The van der Waals surface area contributed by atoms with Crippen molar-refractivity contribution < 1.29 is 4.74 Å². The third-order valence-corrected chi connectivity index (χ3v) is 2.84. The average Bonchev–Trinajstić information content (AvgIpc) is 2.38. The number of nitrogens with one attached hydrogen (secondary N) is 1. The van der Waals surface area contributed by atoms with Crippen molar-refractivity contribution >= 4 is 27.7 Å². The Morgan fingerprint density at radius 2 is 2.00 bits per heavy atom. The zero-order chi connectivity index (χ0) is 13.7. The SMILES string of the molecule is CCCNc1cc(Oc2ccc(Br)cc2)nc(N)n1. The maximum Gasteiger partial charge on any atom is 0.226 e. The fourth-order valence-corrected chi connectivity index (χ4v) is 1.73. The lowest BCUT2D eigenvalue weighted by Crippen LogP contribution is -2.05. The Labute approximate surface area is 120 Å². The molecule has 0 saturated carbocycles. The summed E-state index contributed by atoms with van der Waals surface area (Å²) in [5.74, 6) is 1.98. The van der Waals surface area contributed by atoms with Crippen molar-refractivity contribution in [2.24, 2.45) is 0 Å². The molecule has 19 heavy (non-hydrogen) atoms. The molecule has 3 N–H and O–H groups in total. The van der Waals surface area contributed by atoms with Crippen LogP contribution in [0.15, 0.2) is 34.8 Å². The predicted octanol–water partition coefficient (Wildman–Crippen LogP) is 3.44. The van der Waals surface area contributed by atoms with Gasteiger partial charge in [-0.1, -0.05) is 22.9 Å². The van der Waals surface area contributed by atoms with Crippen molar-refractivity contribution in [3.8, 4) is 11.6 Å². The van der Waals surface area contributed by atoms with Gasteiger partial charge in [-0.25, -0.2) is 0 Å². The van der Waals surface area contributed by atoms with E-state index in [-0.39, 0.29) is 5.95 Å². The van der Waals surface area contributed by atoms with Crippen LogP contribution in [0, 0.1) is 0 Å². The molecule has 0 amide bonds. The molecule has 0 aliphatic rings. The van der Waals surface area contributed by atoms with Gasteiger partial charge in [0.2, 0.25) is 11.8 Å². The number of nitrogen functional groups attached to an aromatic ring is 1. The quantitative estimate of drug-likeness (QED) is 0.882. The van der Waals surface area contributed by atoms with E-state index in [1.54, 1.807) is 6.07 Å². The Bertz CT molecular complexity index is 545. The van der Waals surface area contributed by atoms with Gasteiger partial charge in [0.1, 0.15) is 11.6 Å². The second-order valence-corrected chi connectivity index (χ2v) is 4.85. The molecule has 0 radical (unpaired) electrons. The molecule has 0 atom stereocenters. The van der Waals surface area contributed by atoms with Gasteiger partial charge >= 0.3 is 0 Å². The minimum Gasteiger partial charge on any atom is -0.439 e. The number of halogens is 1. The topological polar surface area (TPSA) is 73.1 Å². The minimum atomic E-state index is 0.188. The third-order valence-electron chi connectivity index (χ3n) is 2.31. The Balaban J connectivity index is 2.15. The van der Waals surface area contributed by atoms with E-state index in [0.717, 1.165) is 17.4 Å². The lowest BCUT2D eigenvalue weighted by molar-refractivity contribution is 0.463. The smallest absolute Gasteiger partial charge is 0.226 e. The van der Waals surface area contributed by atoms with E-state index in [1.165, 1.54) is 0 Å². The van der Waals surface area contributed by atoms with E-state index in [2.05, 4.69) is 38.1 Å². The number of ether oxygens (including phenoxy) is 1. The molecule has 0 saturated heterocycles. The van der Waals surface area contributed by atoms with Crippen molar-refractivity contribution in [3.05, 3.63) is 34.8 Å². The largest absolute Gasteiger partial charge is 0.439 e. The van der Waals surface area contributed by atoms with E-state index < -0.39 is 0 Å². The van der Waals surface area contributed by atoms with Crippen LogP contribution in [0.25, 0.3) is 0 Å². The van der Waals surface area contributed by atoms with Crippen molar-refractivity contribution in [1.82, 2.24) is 9.97 Å². The van der Waals surface area contributed by atoms with Crippen molar-refractivity contribution in [2.45, 2.75) is 13.3 Å². The lowest BCUT2D eigenvalue weighted by atomic mass is 10.3. The van der Waals surface area contributed by atoms with E-state index in [0.29, 0.717) is 17.4 Å². The maximum atomic E-state index is 5.66. The standard InChI is InChI=1S/C13H15BrN4O/c1-2-7-16-11-8-12(18-13(15)17-11)19-10-5-3-9(14)4-6-10/h3-6,8H,2,7H2,1H3,(H3,15,16,17,18). The van der Waals surface area contributed by atoms with E-state index in [9.17, 15) is 0 Å². The molecule has 0 aliphatic heterocycles. The van der Waals surface area contributed by atoms with Crippen molar-refractivity contribution in [2.75, 3.05) is 17.6 Å². The van der Waals surface area contributed by atoms with Crippen molar-refractivity contribution in [1.29, 1.82) is 0 Å². The monoisotopic (exact) mass is 322 g/mol. The summed E-state index contributed by atoms with van der Waals surface area (Å²) in [6.45, 7) is 2.91. The summed E-state index contributed by atoms with van der Waals surface area (Å²) in [7, 11) is 0. The molecule has 0 aliphatic carbocycles. The maximum absolute atomic E-state index is 5.66. The van der Waals surface area contributed by atoms with E-state index in [1.807, 2.05) is 24.3 Å². The van der Waals surface area contributed by atoms with Gasteiger partial charge in [-0.15, -0.1) is 0 Å². The van der Waals surface area contributed by atoms with Crippen LogP contribution in [0.2, 0.25) is 0 Å². The number of nitrogens with two attached hydrogens (primary N) is 1. The Morgan fingerprint density at radius 1 is 1.26 bits per heavy atom. The fourth-order valence-electron chi connectivity index (χ4n) is 1.46. The summed E-state index contributed by atoms with van der Waals surface area (Å²) < 4.78 is 6.64. The molecule has 0 fully saturated rings. The molecule has 1 aromatic carbocycles. The zero-order valence-electron chi connectivity index (χ0n) is 10.6. The van der Waals surface area contributed by atoms with E-state index >= 15 is 0 Å². The first-order chi connectivity index (χ1) is 9.17. The molecule has 100 valence electrons. The van der Waals surface area contributed by atoms with Gasteiger partial charge in [0.25, 0.3) is 0 Å². The Morgan fingerprint density at radius 3 is 2.68 bits per heavy atom. The molecule has 0 spiro atoms. The fraction of sp³-hybridized carbons (Fsp3) is 0.231. The van der Waals surface area contributed by atoms with Gasteiger partial charge in [0.15, 0.2) is 0 Å². The third kappa shape index (κ3) is 4.10. The van der Waals surface area contributed by atoms with Crippen molar-refractivity contribution in [3.63, 3.8) is 0 Å². The molecule has 5 nitrogen and oxygen atoms in total. The van der Waals surface area contributed by atoms with Crippen LogP contribution in [-0.4, -0.2) is 16.5 Å². The zero-order valence-corrected chi connectivity index (χ0v) is 12.1. The molecule has 2 aromatic rings. The number of anilines is 2. The number of aromatic nitrogens is 2. The second-order valence-electron chi connectivity index (χ2n) is 3.93. The van der Waals surface area contributed by atoms with Crippen LogP contribution in [0.5, 0.6) is 11.6 Å². The summed E-state index contributed by atoms with van der Waals surface area (Å²) in [4.78, 5) is 8.15. The number of rotatable bonds is 5. The van der Waals surface area contributed by atoms with Crippen LogP contribution in [0.3, 0.4) is 0 Å². The highest BCUT2D eigenvalue weighted by Crippen LogP contribution is 2.23. The highest BCUT2D eigenvalue weighted by Gasteiger charge is 2.04. The first kappa shape index (κ1) is 13.6. The van der Waals surface area contributed by atoms with Crippen LogP contribution < -0.4 is 15.8 Å². The highest BCUT2D eigenvalue weighted by atomic mass is 79.9. The summed E-state index contributed by atoms with van der Waals surface area (Å²) in [6, 6.07) is 9.23. The van der Waals surface area contributed by atoms with Gasteiger partial charge in [-0.3, -0.25) is 0 Å². The normalized spacial score (nSPS) is 10.2. The summed E-state index contributed by atoms with van der Waals surface area (Å²) >= 11 is 3.37. The lowest BCUT2D eigenvalue weighted by Gasteiger charge is -2.08. The summed E-state index contributed by atoms with van der Waals surface area (Å²) in [6.07, 6.45) is 1.01. The van der Waals surface area contributed by atoms with Gasteiger partial charge in [-0.05, 0) is 30.7 Å². The number of nitrogens with zero attached hydrogens (tertiary/aromatic N) is 2. The molecule has 1 heterocycles. The number of benzene rings is 1. The first-order valence-corrected chi connectivity index (χ1v) is 6.78. The van der Waals surface area contributed by atoms with Crippen LogP contribution in [0.4, 0.5) is 11.8 Å². The van der Waals surface area contributed by atoms with Crippen LogP contribution in [-0.2, 0) is 0 Å². The number of hydrogen-bond donors (Lipinski definition) is 2. The number of hydrogen-bond acceptors (Lipinski definition) is 5. The molecule has 0 unspecified atom stereocenters. The Hall–Kier alpha value is -1.82. The second kappa shape index (κ2) is 6.38.